The standard InChI is InChI=1S/C25H24F3NO4/c1-16-10-4-5-11-17(16)22(29-23(30)25(26,27)28)24(31,18-12-6-8-14-20(18)32-2)19-13-7-9-15-21(19)33-3/h4-15,22,31H,1-3H3,(H,29,30). The summed E-state index contributed by atoms with van der Waals surface area (Å²) in [5, 5.41) is 14.4. The van der Waals surface area contributed by atoms with Crippen molar-refractivity contribution in [3.05, 3.63) is 95.1 Å². The Bertz CT molecular complexity index is 1080. The van der Waals surface area contributed by atoms with E-state index in [0.29, 0.717) is 11.1 Å². The lowest BCUT2D eigenvalue weighted by Gasteiger charge is -2.40. The van der Waals surface area contributed by atoms with Crippen molar-refractivity contribution in [1.29, 1.82) is 0 Å². The van der Waals surface area contributed by atoms with Crippen LogP contribution in [0, 0.1) is 6.92 Å². The lowest BCUT2D eigenvalue weighted by molar-refractivity contribution is -0.176. The second-order valence-corrected chi connectivity index (χ2v) is 7.43. The first-order valence-electron chi connectivity index (χ1n) is 10.1. The normalized spacial score (nSPS) is 12.7. The fourth-order valence-electron chi connectivity index (χ4n) is 3.91. The van der Waals surface area contributed by atoms with E-state index in [4.69, 9.17) is 9.47 Å². The number of ether oxygens (including phenoxy) is 2. The zero-order valence-corrected chi connectivity index (χ0v) is 18.3. The summed E-state index contributed by atoms with van der Waals surface area (Å²) in [6.07, 6.45) is -5.16. The Morgan fingerprint density at radius 1 is 0.848 bits per heavy atom. The third kappa shape index (κ3) is 4.66. The predicted molar refractivity (Wildman–Crippen MR) is 117 cm³/mol. The van der Waals surface area contributed by atoms with Gasteiger partial charge in [-0.1, -0.05) is 60.7 Å². The zero-order valence-electron chi connectivity index (χ0n) is 18.3. The summed E-state index contributed by atoms with van der Waals surface area (Å²) in [5.74, 6) is -1.73. The molecule has 1 unspecified atom stereocenters. The predicted octanol–water partition coefficient (Wildman–Crippen LogP) is 4.67. The molecule has 174 valence electrons. The summed E-state index contributed by atoms with van der Waals surface area (Å²) in [7, 11) is 2.77. The highest BCUT2D eigenvalue weighted by Crippen LogP contribution is 2.48. The molecule has 0 radical (unpaired) electrons. The van der Waals surface area contributed by atoms with Crippen LogP contribution < -0.4 is 14.8 Å². The Morgan fingerprint density at radius 2 is 1.30 bits per heavy atom. The van der Waals surface area contributed by atoms with Crippen LogP contribution in [0.4, 0.5) is 13.2 Å². The molecule has 0 spiro atoms. The van der Waals surface area contributed by atoms with Crippen LogP contribution in [0.3, 0.4) is 0 Å². The molecule has 0 aliphatic carbocycles. The Labute approximate surface area is 189 Å². The number of alkyl halides is 3. The molecule has 5 nitrogen and oxygen atoms in total. The molecule has 3 aromatic rings. The number of hydrogen-bond acceptors (Lipinski definition) is 4. The molecule has 3 aromatic carbocycles. The molecule has 0 bridgehead atoms. The van der Waals surface area contributed by atoms with Crippen molar-refractivity contribution in [2.75, 3.05) is 14.2 Å². The number of benzene rings is 3. The van der Waals surface area contributed by atoms with Crippen molar-refractivity contribution in [1.82, 2.24) is 5.32 Å². The Balaban J connectivity index is 2.40. The van der Waals surface area contributed by atoms with Crippen molar-refractivity contribution in [2.24, 2.45) is 0 Å². The second kappa shape index (κ2) is 9.54. The van der Waals surface area contributed by atoms with E-state index in [1.807, 2.05) is 5.32 Å². The quantitative estimate of drug-likeness (QED) is 0.539. The van der Waals surface area contributed by atoms with Gasteiger partial charge in [0.15, 0.2) is 0 Å². The molecule has 0 heterocycles. The van der Waals surface area contributed by atoms with E-state index in [1.54, 1.807) is 67.6 Å². The average molecular weight is 459 g/mol. The molecule has 33 heavy (non-hydrogen) atoms. The molecule has 8 heteroatoms. The van der Waals surface area contributed by atoms with Crippen molar-refractivity contribution in [2.45, 2.75) is 24.7 Å². The molecular weight excluding hydrogens is 435 g/mol. The minimum atomic E-state index is -5.16. The smallest absolute Gasteiger partial charge is 0.471 e. The lowest BCUT2D eigenvalue weighted by atomic mass is 9.75. The Kier molecular flexibility index (Phi) is 6.98. The molecule has 0 aromatic heterocycles. The number of aliphatic hydroxyl groups is 1. The van der Waals surface area contributed by atoms with Gasteiger partial charge in [-0.15, -0.1) is 0 Å². The van der Waals surface area contributed by atoms with Crippen LogP contribution in [-0.4, -0.2) is 31.4 Å². The molecule has 0 fully saturated rings. The number of aryl methyl sites for hydroxylation is 1. The molecule has 0 aliphatic heterocycles. The number of halogens is 3. The number of amides is 1. The second-order valence-electron chi connectivity index (χ2n) is 7.43. The summed E-state index contributed by atoms with van der Waals surface area (Å²) >= 11 is 0. The minimum absolute atomic E-state index is 0.160. The minimum Gasteiger partial charge on any atom is -0.496 e. The Morgan fingerprint density at radius 3 is 1.76 bits per heavy atom. The molecule has 1 amide bonds. The van der Waals surface area contributed by atoms with Crippen molar-refractivity contribution >= 4 is 5.91 Å². The maximum atomic E-state index is 13.4. The van der Waals surface area contributed by atoms with E-state index in [-0.39, 0.29) is 22.6 Å². The summed E-state index contributed by atoms with van der Waals surface area (Å²) in [4.78, 5) is 12.2. The van der Waals surface area contributed by atoms with Crippen LogP contribution in [-0.2, 0) is 10.4 Å². The number of hydrogen-bond donors (Lipinski definition) is 2. The first kappa shape index (κ1) is 24.1. The topological polar surface area (TPSA) is 67.8 Å². The summed E-state index contributed by atoms with van der Waals surface area (Å²) < 4.78 is 51.0. The van der Waals surface area contributed by atoms with E-state index in [0.717, 1.165) is 0 Å². The third-order valence-corrected chi connectivity index (χ3v) is 5.49. The number of carbonyl (C=O) groups is 1. The molecule has 1 atom stereocenters. The molecule has 0 saturated carbocycles. The van der Waals surface area contributed by atoms with Gasteiger partial charge in [0.2, 0.25) is 0 Å². The maximum absolute atomic E-state index is 13.4. The molecule has 3 rings (SSSR count). The Hall–Kier alpha value is -3.52. The van der Waals surface area contributed by atoms with E-state index >= 15 is 0 Å². The monoisotopic (exact) mass is 459 g/mol. The SMILES string of the molecule is COc1ccccc1C(O)(c1ccccc1OC)C(NC(=O)C(F)(F)F)c1ccccc1C. The highest BCUT2D eigenvalue weighted by atomic mass is 19.4. The first-order chi connectivity index (χ1) is 15.6. The van der Waals surface area contributed by atoms with Gasteiger partial charge < -0.3 is 19.9 Å². The number of nitrogens with one attached hydrogen (secondary N) is 1. The highest BCUT2D eigenvalue weighted by Gasteiger charge is 2.49. The van der Waals surface area contributed by atoms with Gasteiger partial charge >= 0.3 is 12.1 Å². The first-order valence-corrected chi connectivity index (χ1v) is 10.1. The molecule has 2 N–H and O–H groups in total. The largest absolute Gasteiger partial charge is 0.496 e. The van der Waals surface area contributed by atoms with Gasteiger partial charge in [0.25, 0.3) is 0 Å². The van der Waals surface area contributed by atoms with E-state index in [9.17, 15) is 23.1 Å². The van der Waals surface area contributed by atoms with Crippen LogP contribution in [0.15, 0.2) is 72.8 Å². The zero-order chi connectivity index (χ0) is 24.2. The van der Waals surface area contributed by atoms with Crippen LogP contribution in [0.5, 0.6) is 11.5 Å². The summed E-state index contributed by atoms with van der Waals surface area (Å²) in [6, 6.07) is 17.9. The van der Waals surface area contributed by atoms with E-state index in [1.165, 1.54) is 26.4 Å². The van der Waals surface area contributed by atoms with Crippen LogP contribution in [0.25, 0.3) is 0 Å². The van der Waals surface area contributed by atoms with Crippen molar-refractivity contribution in [3.8, 4) is 11.5 Å². The number of para-hydroxylation sites is 2. The fraction of sp³-hybridized carbons (Fsp3) is 0.240. The number of methoxy groups -OCH3 is 2. The average Bonchev–Trinajstić information content (AvgIpc) is 2.81. The van der Waals surface area contributed by atoms with Gasteiger partial charge in [0, 0.05) is 11.1 Å². The van der Waals surface area contributed by atoms with Crippen molar-refractivity contribution in [3.63, 3.8) is 0 Å². The molecule has 0 saturated heterocycles. The van der Waals surface area contributed by atoms with Crippen molar-refractivity contribution < 1.29 is 32.5 Å². The van der Waals surface area contributed by atoms with Gasteiger partial charge in [0.05, 0.1) is 20.3 Å². The highest BCUT2D eigenvalue weighted by molar-refractivity contribution is 5.82. The summed E-state index contributed by atoms with van der Waals surface area (Å²) in [5.41, 5.74) is -1.00. The number of carbonyl (C=O) groups excluding carboxylic acids is 1. The van der Waals surface area contributed by atoms with Gasteiger partial charge in [0.1, 0.15) is 17.1 Å². The van der Waals surface area contributed by atoms with Crippen LogP contribution >= 0.6 is 0 Å². The van der Waals surface area contributed by atoms with Gasteiger partial charge in [-0.25, -0.2) is 0 Å². The third-order valence-electron chi connectivity index (χ3n) is 5.49. The fourth-order valence-corrected chi connectivity index (χ4v) is 3.91. The molecule has 0 aliphatic rings. The van der Waals surface area contributed by atoms with Crippen LogP contribution in [0.2, 0.25) is 0 Å². The van der Waals surface area contributed by atoms with Gasteiger partial charge in [-0.2, -0.15) is 13.2 Å². The van der Waals surface area contributed by atoms with E-state index < -0.39 is 23.7 Å². The van der Waals surface area contributed by atoms with Gasteiger partial charge in [-0.05, 0) is 30.2 Å². The maximum Gasteiger partial charge on any atom is 0.471 e. The van der Waals surface area contributed by atoms with Gasteiger partial charge in [-0.3, -0.25) is 4.79 Å². The summed E-state index contributed by atoms with van der Waals surface area (Å²) in [6.45, 7) is 1.69. The lowest BCUT2D eigenvalue weighted by Crippen LogP contribution is -2.49. The van der Waals surface area contributed by atoms with E-state index in [2.05, 4.69) is 0 Å². The van der Waals surface area contributed by atoms with Crippen LogP contribution in [0.1, 0.15) is 28.3 Å². The molecular formula is C25H24F3NO4. The number of rotatable bonds is 7.